The second-order valence-corrected chi connectivity index (χ2v) is 6.71. The van der Waals surface area contributed by atoms with Gasteiger partial charge in [0.1, 0.15) is 5.60 Å². The first kappa shape index (κ1) is 19.3. The van der Waals surface area contributed by atoms with Gasteiger partial charge in [-0.3, -0.25) is 4.79 Å². The minimum Gasteiger partial charge on any atom is -0.494 e. The van der Waals surface area contributed by atoms with Crippen molar-refractivity contribution >= 4 is 5.91 Å². The number of benzene rings is 2. The fourth-order valence-electron chi connectivity index (χ4n) is 3.51. The van der Waals surface area contributed by atoms with Gasteiger partial charge in [0, 0.05) is 18.8 Å². The van der Waals surface area contributed by atoms with Crippen molar-refractivity contribution in [3.63, 3.8) is 0 Å². The lowest BCUT2D eigenvalue weighted by Crippen LogP contribution is -2.47. The summed E-state index contributed by atoms with van der Waals surface area (Å²) in [4.78, 5) is 12.5. The topological polar surface area (TPSA) is 67.8 Å². The number of amides is 1. The van der Waals surface area contributed by atoms with Crippen LogP contribution in [0.4, 0.5) is 4.39 Å². The highest BCUT2D eigenvalue weighted by atomic mass is 19.1. The molecule has 2 N–H and O–H groups in total. The van der Waals surface area contributed by atoms with E-state index in [9.17, 15) is 14.3 Å². The molecular formula is C21H24FNO4. The van der Waals surface area contributed by atoms with Crippen LogP contribution in [0.15, 0.2) is 48.5 Å². The highest BCUT2D eigenvalue weighted by molar-refractivity contribution is 5.94. The Kier molecular flexibility index (Phi) is 6.08. The Balaban J connectivity index is 1.78. The van der Waals surface area contributed by atoms with Gasteiger partial charge in [-0.1, -0.05) is 30.3 Å². The van der Waals surface area contributed by atoms with Crippen LogP contribution in [0.25, 0.3) is 0 Å². The van der Waals surface area contributed by atoms with Gasteiger partial charge in [-0.15, -0.1) is 0 Å². The Morgan fingerprint density at radius 2 is 1.96 bits per heavy atom. The largest absolute Gasteiger partial charge is 0.494 e. The predicted molar refractivity (Wildman–Crippen MR) is 99.2 cm³/mol. The van der Waals surface area contributed by atoms with Crippen molar-refractivity contribution in [1.82, 2.24) is 5.32 Å². The highest BCUT2D eigenvalue weighted by Crippen LogP contribution is 2.35. The van der Waals surface area contributed by atoms with E-state index >= 15 is 0 Å². The first-order chi connectivity index (χ1) is 13.0. The number of ether oxygens (including phenoxy) is 2. The number of aliphatic hydroxyl groups is 1. The Labute approximate surface area is 158 Å². The van der Waals surface area contributed by atoms with Gasteiger partial charge < -0.3 is 19.9 Å². The van der Waals surface area contributed by atoms with Crippen molar-refractivity contribution in [2.24, 2.45) is 5.92 Å². The molecule has 0 spiro atoms. The maximum atomic E-state index is 13.9. The number of rotatable bonds is 6. The van der Waals surface area contributed by atoms with Crippen molar-refractivity contribution in [2.75, 3.05) is 26.9 Å². The third-order valence-electron chi connectivity index (χ3n) is 5.10. The van der Waals surface area contributed by atoms with Crippen LogP contribution in [0.3, 0.4) is 0 Å². The molecule has 1 atom stereocenters. The Bertz CT molecular complexity index is 777. The van der Waals surface area contributed by atoms with E-state index in [2.05, 4.69) is 5.32 Å². The molecule has 1 heterocycles. The minimum absolute atomic E-state index is 0.0359. The van der Waals surface area contributed by atoms with E-state index in [4.69, 9.17) is 9.47 Å². The zero-order chi connectivity index (χ0) is 19.3. The molecule has 0 aromatic heterocycles. The Hall–Kier alpha value is -2.44. The molecule has 1 aliphatic rings. The summed E-state index contributed by atoms with van der Waals surface area (Å²) in [5.74, 6) is -1.01. The summed E-state index contributed by atoms with van der Waals surface area (Å²) in [7, 11) is 1.37. The molecule has 1 fully saturated rings. The molecule has 27 heavy (non-hydrogen) atoms. The van der Waals surface area contributed by atoms with E-state index in [1.807, 2.05) is 30.3 Å². The molecule has 1 amide bonds. The molecule has 3 rings (SSSR count). The zero-order valence-electron chi connectivity index (χ0n) is 15.3. The summed E-state index contributed by atoms with van der Waals surface area (Å²) in [5, 5.41) is 14.2. The molecular weight excluding hydrogens is 349 g/mol. The summed E-state index contributed by atoms with van der Waals surface area (Å²) >= 11 is 0. The lowest BCUT2D eigenvalue weighted by atomic mass is 9.77. The smallest absolute Gasteiger partial charge is 0.251 e. The molecule has 2 aromatic rings. The van der Waals surface area contributed by atoms with Gasteiger partial charge in [-0.2, -0.15) is 0 Å². The molecule has 0 radical (unpaired) electrons. The predicted octanol–water partition coefficient (Wildman–Crippen LogP) is 2.88. The van der Waals surface area contributed by atoms with Crippen LogP contribution >= 0.6 is 0 Å². The Morgan fingerprint density at radius 1 is 1.26 bits per heavy atom. The van der Waals surface area contributed by atoms with Gasteiger partial charge in [0.15, 0.2) is 11.6 Å². The normalized spacial score (nSPS) is 17.1. The van der Waals surface area contributed by atoms with Crippen molar-refractivity contribution in [3.05, 3.63) is 65.5 Å². The quantitative estimate of drug-likeness (QED) is 0.817. The lowest BCUT2D eigenvalue weighted by Gasteiger charge is -2.39. The summed E-state index contributed by atoms with van der Waals surface area (Å²) in [5.41, 5.74) is -0.292. The van der Waals surface area contributed by atoms with Crippen molar-refractivity contribution in [3.8, 4) is 5.75 Å². The standard InChI is InChI=1S/C21H24FNO4/c1-26-19-8-7-15(13-18(19)22)20(24)23-14-21(25,16-5-3-2-4-6-16)17-9-11-27-12-10-17/h2-8,13,17,25H,9-12,14H2,1H3,(H,23,24)/t21-/m0/s1. The van der Waals surface area contributed by atoms with Gasteiger partial charge in [0.25, 0.3) is 5.91 Å². The average molecular weight is 373 g/mol. The van der Waals surface area contributed by atoms with Crippen LogP contribution in [0.2, 0.25) is 0 Å². The number of carbonyl (C=O) groups is 1. The third kappa shape index (κ3) is 4.28. The van der Waals surface area contributed by atoms with Crippen molar-refractivity contribution < 1.29 is 23.8 Å². The van der Waals surface area contributed by atoms with E-state index < -0.39 is 17.3 Å². The van der Waals surface area contributed by atoms with Gasteiger partial charge in [-0.05, 0) is 42.5 Å². The van der Waals surface area contributed by atoms with Crippen molar-refractivity contribution in [1.29, 1.82) is 0 Å². The number of hydrogen-bond donors (Lipinski definition) is 2. The number of carbonyl (C=O) groups excluding carboxylic acids is 1. The number of nitrogens with one attached hydrogen (secondary N) is 1. The number of hydrogen-bond acceptors (Lipinski definition) is 4. The summed E-state index contributed by atoms with van der Waals surface area (Å²) in [6.45, 7) is 1.20. The van der Waals surface area contributed by atoms with Crippen LogP contribution in [0, 0.1) is 11.7 Å². The van der Waals surface area contributed by atoms with E-state index in [0.717, 1.165) is 11.6 Å². The molecule has 0 bridgehead atoms. The zero-order valence-corrected chi connectivity index (χ0v) is 15.3. The average Bonchev–Trinajstić information content (AvgIpc) is 2.73. The molecule has 0 unspecified atom stereocenters. The molecule has 1 saturated heterocycles. The van der Waals surface area contributed by atoms with Crippen LogP contribution in [0.5, 0.6) is 5.75 Å². The Morgan fingerprint density at radius 3 is 2.59 bits per heavy atom. The second-order valence-electron chi connectivity index (χ2n) is 6.71. The third-order valence-corrected chi connectivity index (χ3v) is 5.10. The fourth-order valence-corrected chi connectivity index (χ4v) is 3.51. The van der Waals surface area contributed by atoms with Crippen LogP contribution in [0.1, 0.15) is 28.8 Å². The molecule has 2 aromatic carbocycles. The van der Waals surface area contributed by atoms with Gasteiger partial charge in [-0.25, -0.2) is 4.39 Å². The van der Waals surface area contributed by atoms with E-state index in [0.29, 0.717) is 26.1 Å². The summed E-state index contributed by atoms with van der Waals surface area (Å²) < 4.78 is 24.2. The first-order valence-corrected chi connectivity index (χ1v) is 9.02. The summed E-state index contributed by atoms with van der Waals surface area (Å²) in [6, 6.07) is 13.3. The van der Waals surface area contributed by atoms with Gasteiger partial charge >= 0.3 is 0 Å². The van der Waals surface area contributed by atoms with E-state index in [1.165, 1.54) is 19.2 Å². The van der Waals surface area contributed by atoms with Gasteiger partial charge in [0.2, 0.25) is 0 Å². The monoisotopic (exact) mass is 373 g/mol. The maximum Gasteiger partial charge on any atom is 0.251 e. The molecule has 1 aliphatic heterocycles. The second kappa shape index (κ2) is 8.50. The first-order valence-electron chi connectivity index (χ1n) is 9.02. The molecule has 6 heteroatoms. The van der Waals surface area contributed by atoms with E-state index in [-0.39, 0.29) is 23.8 Å². The van der Waals surface area contributed by atoms with Crippen LogP contribution in [-0.2, 0) is 10.3 Å². The van der Waals surface area contributed by atoms with Gasteiger partial charge in [0.05, 0.1) is 13.7 Å². The molecule has 0 aliphatic carbocycles. The lowest BCUT2D eigenvalue weighted by molar-refractivity contribution is -0.0680. The SMILES string of the molecule is COc1ccc(C(=O)NC[C@](O)(c2ccccc2)C2CCOCC2)cc1F. The van der Waals surface area contributed by atoms with Crippen LogP contribution in [-0.4, -0.2) is 37.9 Å². The van der Waals surface area contributed by atoms with Crippen LogP contribution < -0.4 is 10.1 Å². The van der Waals surface area contributed by atoms with E-state index in [1.54, 1.807) is 0 Å². The number of halogens is 1. The number of methoxy groups -OCH3 is 1. The summed E-state index contributed by atoms with van der Waals surface area (Å²) in [6.07, 6.45) is 1.41. The molecule has 144 valence electrons. The minimum atomic E-state index is -1.22. The molecule has 0 saturated carbocycles. The molecule has 5 nitrogen and oxygen atoms in total. The maximum absolute atomic E-state index is 13.9. The van der Waals surface area contributed by atoms with Crippen molar-refractivity contribution in [2.45, 2.75) is 18.4 Å². The fraction of sp³-hybridized carbons (Fsp3) is 0.381. The highest BCUT2D eigenvalue weighted by Gasteiger charge is 2.39.